The third-order valence-corrected chi connectivity index (χ3v) is 36.6. The molecule has 6 atom stereocenters. The van der Waals surface area contributed by atoms with E-state index in [4.69, 9.17) is 0 Å². The lowest BCUT2D eigenvalue weighted by Gasteiger charge is -2.31. The summed E-state index contributed by atoms with van der Waals surface area (Å²) in [6, 6.07) is 70.8. The number of benzene rings is 12. The van der Waals surface area contributed by atoms with Gasteiger partial charge in [-0.1, -0.05) is 332 Å². The van der Waals surface area contributed by atoms with E-state index in [2.05, 4.69) is 430 Å². The predicted molar refractivity (Wildman–Crippen MR) is 646 cm³/mol. The van der Waals surface area contributed by atoms with Crippen molar-refractivity contribution in [1.29, 1.82) is 0 Å². The van der Waals surface area contributed by atoms with Crippen molar-refractivity contribution in [3.05, 3.63) is 317 Å². The molecule has 0 heterocycles. The first-order chi connectivity index (χ1) is 67.4. The SMILES string of the molecule is CCN(C)Cc1cccc(C)c1Pc1cc(C(C)(C)C)cc(C(C)(C)C)c1O.CCN(C)Cc1cccc(C)c1Pc1cc(C(C)(C)C)cc(C)c1O.CCN(C)Cc1cccc(C)c1Pc1cc(C)cc(C(C)(C)C)c1O.CCN(C)Cc1cccc(C)c1Pc1cc(C)cc(C)c1O.CCN(C)Cc1cccc(C)c1Pc1cc(C)ccc1O.Cc1cccc(CN(C(C)C)C(C)C)c1Pc1ccccc1O. The van der Waals surface area contributed by atoms with Gasteiger partial charge in [-0.3, -0.25) is 4.90 Å². The smallest absolute Gasteiger partial charge is 0.127 e. The van der Waals surface area contributed by atoms with E-state index in [1.165, 1.54) is 126 Å². The highest BCUT2D eigenvalue weighted by molar-refractivity contribution is 7.57. The second kappa shape index (κ2) is 56.4. The van der Waals surface area contributed by atoms with Crippen LogP contribution < -0.4 is 63.7 Å². The van der Waals surface area contributed by atoms with Gasteiger partial charge in [-0.05, 0) is 368 Å². The van der Waals surface area contributed by atoms with Gasteiger partial charge in [0.2, 0.25) is 0 Å². The number of aromatic hydroxyl groups is 6. The highest BCUT2D eigenvalue weighted by atomic mass is 31.1. The quantitative estimate of drug-likeness (QED) is 0.0231. The number of phenolic OH excluding ortho intramolecular Hbond substituents is 6. The minimum Gasteiger partial charge on any atom is -0.507 e. The molecule has 144 heavy (non-hydrogen) atoms. The summed E-state index contributed by atoms with van der Waals surface area (Å²) < 4.78 is 0. The fraction of sp³-hybridized carbons (Fsp3) is 0.429. The summed E-state index contributed by atoms with van der Waals surface area (Å²) in [6.45, 7) is 80.4. The zero-order chi connectivity index (χ0) is 107. The molecule has 0 fully saturated rings. The molecule has 6 N–H and O–H groups in total. The summed E-state index contributed by atoms with van der Waals surface area (Å²) in [5, 5.41) is 77.8. The van der Waals surface area contributed by atoms with Gasteiger partial charge in [0.1, 0.15) is 34.5 Å². The van der Waals surface area contributed by atoms with Crippen molar-refractivity contribution < 1.29 is 30.6 Å². The Morgan fingerprint density at radius 3 is 0.806 bits per heavy atom. The van der Waals surface area contributed by atoms with Crippen LogP contribution in [0.25, 0.3) is 0 Å². The monoisotopic (exact) mass is 2060 g/mol. The molecule has 0 aliphatic carbocycles. The van der Waals surface area contributed by atoms with Gasteiger partial charge >= 0.3 is 0 Å². The van der Waals surface area contributed by atoms with Crippen molar-refractivity contribution >= 4 is 115 Å². The predicted octanol–water partition coefficient (Wildman–Crippen LogP) is 24.6. The van der Waals surface area contributed by atoms with Crippen molar-refractivity contribution in [2.24, 2.45) is 0 Å². The highest BCUT2D eigenvalue weighted by Crippen LogP contribution is 2.40. The Labute approximate surface area is 883 Å². The molecule has 12 aromatic rings. The van der Waals surface area contributed by atoms with Gasteiger partial charge in [-0.15, -0.1) is 0 Å². The fourth-order valence-corrected chi connectivity index (χ4v) is 25.4. The average Bonchev–Trinajstić information content (AvgIpc) is 0.776. The van der Waals surface area contributed by atoms with E-state index in [1.807, 2.05) is 44.2 Å². The first-order valence-corrected chi connectivity index (χ1v) is 57.7. The van der Waals surface area contributed by atoms with Gasteiger partial charge in [-0.25, -0.2) is 0 Å². The van der Waals surface area contributed by atoms with Crippen LogP contribution in [-0.4, -0.2) is 140 Å². The van der Waals surface area contributed by atoms with E-state index in [1.54, 1.807) is 12.1 Å². The molecule has 12 rings (SSSR count). The van der Waals surface area contributed by atoms with Crippen molar-refractivity contribution in [1.82, 2.24) is 29.4 Å². The molecule has 0 saturated heterocycles. The van der Waals surface area contributed by atoms with Crippen LogP contribution in [0.15, 0.2) is 200 Å². The largest absolute Gasteiger partial charge is 0.507 e. The lowest BCUT2D eigenvalue weighted by Crippen LogP contribution is -2.37. The van der Waals surface area contributed by atoms with E-state index in [0.717, 1.165) is 126 Å². The molecule has 0 saturated carbocycles. The lowest BCUT2D eigenvalue weighted by molar-refractivity contribution is 0.166. The number of phenols is 6. The van der Waals surface area contributed by atoms with E-state index < -0.39 is 0 Å². The third kappa shape index (κ3) is 36.6. The van der Waals surface area contributed by atoms with Gasteiger partial charge in [-0.2, -0.15) is 0 Å². The number of hydrogen-bond acceptors (Lipinski definition) is 12. The molecule has 0 radical (unpaired) electrons. The molecule has 6 unspecified atom stereocenters. The number of aryl methyl sites for hydroxylation is 11. The van der Waals surface area contributed by atoms with E-state index in [0.29, 0.717) is 98.1 Å². The van der Waals surface area contributed by atoms with Crippen LogP contribution in [0.5, 0.6) is 34.5 Å². The minimum atomic E-state index is -0.0957. The fourth-order valence-electron chi connectivity index (χ4n) is 17.1. The maximum absolute atomic E-state index is 11.2. The number of nitrogens with zero attached hydrogens (tertiary/aromatic N) is 6. The van der Waals surface area contributed by atoms with E-state index >= 15 is 0 Å². The standard InChI is InChI=1S/C25H38NOP.2C22H32NOP.C20H28NOP.C19H26NOP.C18H24NOP/c1-10-26(9)16-18-13-11-12-17(2)23(18)28-21-15-19(24(3,4)5)14-20(22(21)27)25(6,7)8;1-8-23(7)14-17-11-9-10-16(3)21(17)25-19-13-15(2)12-18(20(19)24)22(4,5)6;1-8-23(7)14-17-11-9-10-15(2)21(17)25-19-13-18(22(4,5)6)12-16(3)20(19)24;1-14(2)21(15(3)4)13-17-10-8-9-16(5)20(17)23-19-12-7-6-11-18(19)22;1-6-20(5)12-16-9-7-8-14(3)19(16)22-17-11-13(2)10-15(4)18(17)21;1-5-19(4)12-15-8-6-7-14(3)18(15)21-17-11-13(2)9-10-16(17)20/h11-15,27-28H,10,16H2,1-9H3;2*9-13,24-25H,8,14H2,1-7H3;6-12,14-15,22-23H,13H2,1-5H3;7-11,21-22H,6,12H2,1-5H3;6-11,20-21H,5,12H2,1-4H3. The van der Waals surface area contributed by atoms with Gasteiger partial charge < -0.3 is 55.1 Å². The van der Waals surface area contributed by atoms with Crippen molar-refractivity contribution in [3.63, 3.8) is 0 Å². The second-order valence-corrected chi connectivity index (χ2v) is 52.0. The van der Waals surface area contributed by atoms with Crippen molar-refractivity contribution in [2.45, 2.75) is 295 Å². The average molecular weight is 2060 g/mol. The van der Waals surface area contributed by atoms with E-state index in [-0.39, 0.29) is 21.7 Å². The first kappa shape index (κ1) is 123. The van der Waals surface area contributed by atoms with Crippen LogP contribution in [0.1, 0.15) is 262 Å². The molecule has 0 spiro atoms. The Morgan fingerprint density at radius 1 is 0.236 bits per heavy atom. The summed E-state index contributed by atoms with van der Waals surface area (Å²) in [7, 11) is 13.6. The molecule has 12 nitrogen and oxygen atoms in total. The Balaban J connectivity index is 0.000000235. The Morgan fingerprint density at radius 2 is 0.493 bits per heavy atom. The molecule has 0 aromatic heterocycles. The van der Waals surface area contributed by atoms with Crippen LogP contribution in [0.2, 0.25) is 0 Å². The molecule has 0 bridgehead atoms. The van der Waals surface area contributed by atoms with Gasteiger partial charge in [0.25, 0.3) is 0 Å². The Bertz CT molecular complexity index is 6110. The third-order valence-electron chi connectivity index (χ3n) is 26.8. The zero-order valence-corrected chi connectivity index (χ0v) is 101. The van der Waals surface area contributed by atoms with Crippen molar-refractivity contribution in [3.8, 4) is 34.5 Å². The van der Waals surface area contributed by atoms with Crippen LogP contribution >= 0.6 is 51.5 Å². The van der Waals surface area contributed by atoms with E-state index in [9.17, 15) is 30.6 Å². The van der Waals surface area contributed by atoms with Crippen LogP contribution in [-0.2, 0) is 60.9 Å². The molecular formula is C126H180N6O6P6. The minimum absolute atomic E-state index is 0.0456. The van der Waals surface area contributed by atoms with Gasteiger partial charge in [0.05, 0.1) is 0 Å². The normalized spacial score (nSPS) is 12.3. The maximum atomic E-state index is 11.2. The van der Waals surface area contributed by atoms with Crippen LogP contribution in [0, 0.1) is 76.2 Å². The summed E-state index contributed by atoms with van der Waals surface area (Å²) in [5.74, 6) is 2.62. The summed E-state index contributed by atoms with van der Waals surface area (Å²) in [4.78, 5) is 14.1. The first-order valence-electron chi connectivity index (χ1n) is 51.7. The maximum Gasteiger partial charge on any atom is 0.127 e. The van der Waals surface area contributed by atoms with Gasteiger partial charge in [0, 0.05) is 94.3 Å². The van der Waals surface area contributed by atoms with Crippen LogP contribution in [0.4, 0.5) is 0 Å². The summed E-state index contributed by atoms with van der Waals surface area (Å²) >= 11 is 0. The number of rotatable bonds is 31. The molecule has 780 valence electrons. The topological polar surface area (TPSA) is 141 Å². The van der Waals surface area contributed by atoms with Crippen LogP contribution in [0.3, 0.4) is 0 Å². The lowest BCUT2D eigenvalue weighted by atomic mass is 9.80. The Hall–Kier alpha value is -8.22. The highest BCUT2D eigenvalue weighted by Gasteiger charge is 2.29. The summed E-state index contributed by atoms with van der Waals surface area (Å²) in [5.41, 5.74) is 26.2. The number of hydrogen-bond donors (Lipinski definition) is 6. The molecule has 0 aliphatic heterocycles. The van der Waals surface area contributed by atoms with Crippen molar-refractivity contribution in [2.75, 3.05) is 68.0 Å². The van der Waals surface area contributed by atoms with Gasteiger partial charge in [0.15, 0.2) is 0 Å². The molecular weight excluding hydrogens is 1880 g/mol. The second-order valence-electron chi connectivity index (χ2n) is 44.2. The zero-order valence-electron chi connectivity index (χ0n) is 94.9. The molecule has 0 aliphatic rings. The number of para-hydroxylation sites is 1. The molecule has 18 heteroatoms. The molecule has 0 amide bonds. The Kier molecular flexibility index (Phi) is 48.1. The molecule has 12 aromatic carbocycles. The summed E-state index contributed by atoms with van der Waals surface area (Å²) in [6.07, 6.45) is 0.